The molecule has 162 valence electrons. The summed E-state index contributed by atoms with van der Waals surface area (Å²) in [5, 5.41) is 4.16. The van der Waals surface area contributed by atoms with Gasteiger partial charge in [-0.1, -0.05) is 22.8 Å². The molecule has 1 aliphatic heterocycles. The summed E-state index contributed by atoms with van der Waals surface area (Å²) >= 11 is 6.06. The normalized spacial score (nSPS) is 14.1. The summed E-state index contributed by atoms with van der Waals surface area (Å²) in [6.07, 6.45) is 1.21. The summed E-state index contributed by atoms with van der Waals surface area (Å²) in [5.41, 5.74) is 0.0998. The third-order valence-corrected chi connectivity index (χ3v) is 5.28. The monoisotopic (exact) mass is 445 g/mol. The fraction of sp³-hybridized carbons (Fsp3) is 0.350. The highest BCUT2D eigenvalue weighted by molar-refractivity contribution is 6.30. The molecule has 3 aromatic rings. The number of hydrogen-bond donors (Lipinski definition) is 0. The summed E-state index contributed by atoms with van der Waals surface area (Å²) in [6, 6.07) is 7.57. The molecule has 0 unspecified atom stereocenters. The highest BCUT2D eigenvalue weighted by Gasteiger charge is 2.25. The number of nitrogens with zero attached hydrogens (tertiary/aromatic N) is 5. The van der Waals surface area contributed by atoms with Crippen molar-refractivity contribution in [3.8, 4) is 0 Å². The van der Waals surface area contributed by atoms with Crippen LogP contribution in [0.4, 0.5) is 5.69 Å². The average Bonchev–Trinajstić information content (AvgIpc) is 3.21. The smallest absolute Gasteiger partial charge is 0.361 e. The predicted molar refractivity (Wildman–Crippen MR) is 112 cm³/mol. The number of ether oxygens (including phenoxy) is 1. The van der Waals surface area contributed by atoms with Crippen molar-refractivity contribution in [3.63, 3.8) is 0 Å². The maximum atomic E-state index is 12.8. The number of aromatic nitrogens is 3. The molecule has 0 bridgehead atoms. The van der Waals surface area contributed by atoms with Gasteiger partial charge in [0, 0.05) is 36.9 Å². The van der Waals surface area contributed by atoms with E-state index >= 15 is 0 Å². The van der Waals surface area contributed by atoms with E-state index in [9.17, 15) is 14.4 Å². The van der Waals surface area contributed by atoms with Gasteiger partial charge < -0.3 is 19.1 Å². The van der Waals surface area contributed by atoms with Crippen molar-refractivity contribution >= 4 is 40.3 Å². The Hall–Kier alpha value is -3.40. The van der Waals surface area contributed by atoms with Crippen LogP contribution in [0.3, 0.4) is 0 Å². The maximum Gasteiger partial charge on any atom is 0.361 e. The molecule has 0 N–H and O–H groups in total. The van der Waals surface area contributed by atoms with Crippen LogP contribution in [-0.2, 0) is 16.1 Å². The Kier molecular flexibility index (Phi) is 5.90. The van der Waals surface area contributed by atoms with Gasteiger partial charge in [0.05, 0.1) is 6.61 Å². The van der Waals surface area contributed by atoms with E-state index in [-0.39, 0.29) is 35.9 Å². The van der Waals surface area contributed by atoms with Gasteiger partial charge in [-0.05, 0) is 25.1 Å². The largest absolute Gasteiger partial charge is 0.461 e. The molecule has 1 saturated heterocycles. The molecule has 1 aliphatic rings. The van der Waals surface area contributed by atoms with Crippen molar-refractivity contribution in [2.75, 3.05) is 37.7 Å². The van der Waals surface area contributed by atoms with Gasteiger partial charge in [0.25, 0.3) is 11.3 Å². The van der Waals surface area contributed by atoms with Crippen LogP contribution < -0.4 is 10.5 Å². The lowest BCUT2D eigenvalue weighted by Gasteiger charge is -2.36. The molecule has 10 nitrogen and oxygen atoms in total. The quantitative estimate of drug-likeness (QED) is 0.544. The summed E-state index contributed by atoms with van der Waals surface area (Å²) < 4.78 is 11.0. The van der Waals surface area contributed by atoms with Crippen LogP contribution in [-0.4, -0.2) is 64.3 Å². The minimum atomic E-state index is -0.777. The molecule has 0 atom stereocenters. The number of anilines is 1. The lowest BCUT2D eigenvalue weighted by molar-refractivity contribution is -0.132. The Morgan fingerprint density at radius 1 is 1.23 bits per heavy atom. The molecule has 0 aliphatic carbocycles. The number of piperazine rings is 1. The van der Waals surface area contributed by atoms with Crippen molar-refractivity contribution < 1.29 is 18.8 Å². The van der Waals surface area contributed by atoms with Gasteiger partial charge in [-0.3, -0.25) is 14.2 Å². The zero-order chi connectivity index (χ0) is 22.0. The second-order valence-electron chi connectivity index (χ2n) is 6.96. The van der Waals surface area contributed by atoms with Crippen molar-refractivity contribution in [2.24, 2.45) is 0 Å². The lowest BCUT2D eigenvalue weighted by atomic mass is 10.2. The molecule has 2 aromatic heterocycles. The first-order valence-corrected chi connectivity index (χ1v) is 10.2. The zero-order valence-corrected chi connectivity index (χ0v) is 17.5. The number of esters is 1. The molecule has 11 heteroatoms. The van der Waals surface area contributed by atoms with Crippen LogP contribution in [0.2, 0.25) is 5.02 Å². The van der Waals surface area contributed by atoms with E-state index in [0.29, 0.717) is 31.2 Å². The number of rotatable bonds is 5. The summed E-state index contributed by atoms with van der Waals surface area (Å²) in [7, 11) is 0. The molecule has 1 fully saturated rings. The number of benzene rings is 1. The second-order valence-corrected chi connectivity index (χ2v) is 7.39. The van der Waals surface area contributed by atoms with Crippen LogP contribution in [0.1, 0.15) is 17.4 Å². The van der Waals surface area contributed by atoms with E-state index in [1.165, 1.54) is 6.33 Å². The molecule has 1 amide bonds. The Morgan fingerprint density at radius 3 is 2.71 bits per heavy atom. The number of amides is 1. The van der Waals surface area contributed by atoms with Crippen molar-refractivity contribution in [3.05, 3.63) is 51.7 Å². The van der Waals surface area contributed by atoms with Gasteiger partial charge in [0.15, 0.2) is 0 Å². The number of carbonyl (C=O) groups is 2. The molecule has 3 heterocycles. The van der Waals surface area contributed by atoms with Gasteiger partial charge in [-0.2, -0.15) is 0 Å². The number of fused-ring (bicyclic) bond motifs is 1. The third kappa shape index (κ3) is 4.24. The minimum absolute atomic E-state index is 0.0770. The second kappa shape index (κ2) is 8.76. The number of halogens is 1. The van der Waals surface area contributed by atoms with Gasteiger partial charge in [-0.15, -0.1) is 0 Å². The van der Waals surface area contributed by atoms with Crippen LogP contribution in [0.25, 0.3) is 11.1 Å². The van der Waals surface area contributed by atoms with Gasteiger partial charge in [0.1, 0.15) is 18.3 Å². The van der Waals surface area contributed by atoms with E-state index in [2.05, 4.69) is 15.0 Å². The van der Waals surface area contributed by atoms with E-state index < -0.39 is 11.5 Å². The first-order chi connectivity index (χ1) is 15.0. The standard InChI is InChI=1S/C20H20ClN5O5/c1-2-30-20(29)17-16-18(31-23-17)22-12-26(19(16)28)11-15(27)25-8-6-24(7-9-25)14-5-3-4-13(21)10-14/h3-5,10,12H,2,6-9,11H2,1H3. The van der Waals surface area contributed by atoms with Crippen LogP contribution in [0.5, 0.6) is 0 Å². The van der Waals surface area contributed by atoms with Gasteiger partial charge >= 0.3 is 5.97 Å². The van der Waals surface area contributed by atoms with E-state index in [4.69, 9.17) is 20.9 Å². The first kappa shape index (κ1) is 20.9. The third-order valence-electron chi connectivity index (χ3n) is 5.04. The average molecular weight is 446 g/mol. The predicted octanol–water partition coefficient (Wildman–Crippen LogP) is 1.56. The summed E-state index contributed by atoms with van der Waals surface area (Å²) in [4.78, 5) is 45.5. The molecule has 1 aromatic carbocycles. The topological polar surface area (TPSA) is 111 Å². The maximum absolute atomic E-state index is 12.8. The molecule has 4 rings (SSSR count). The fourth-order valence-corrected chi connectivity index (χ4v) is 3.65. The fourth-order valence-electron chi connectivity index (χ4n) is 3.46. The van der Waals surface area contributed by atoms with E-state index in [0.717, 1.165) is 10.3 Å². The zero-order valence-electron chi connectivity index (χ0n) is 16.8. The SMILES string of the molecule is CCOC(=O)c1noc2ncn(CC(=O)N3CCN(c4cccc(Cl)c4)CC3)c(=O)c12. The van der Waals surface area contributed by atoms with E-state index in [1.54, 1.807) is 11.8 Å². The van der Waals surface area contributed by atoms with Gasteiger partial charge in [0.2, 0.25) is 11.6 Å². The van der Waals surface area contributed by atoms with E-state index in [1.807, 2.05) is 24.3 Å². The van der Waals surface area contributed by atoms with Crippen molar-refractivity contribution in [1.29, 1.82) is 0 Å². The molecule has 0 radical (unpaired) electrons. The Labute approximate surface area is 181 Å². The number of hydrogen-bond acceptors (Lipinski definition) is 8. The highest BCUT2D eigenvalue weighted by atomic mass is 35.5. The number of carbonyl (C=O) groups excluding carboxylic acids is 2. The Morgan fingerprint density at radius 2 is 2.00 bits per heavy atom. The van der Waals surface area contributed by atoms with Crippen LogP contribution in [0, 0.1) is 0 Å². The lowest BCUT2D eigenvalue weighted by Crippen LogP contribution is -2.50. The van der Waals surface area contributed by atoms with Crippen LogP contribution >= 0.6 is 11.6 Å². The summed E-state index contributed by atoms with van der Waals surface area (Å²) in [5.74, 6) is -0.996. The van der Waals surface area contributed by atoms with Crippen LogP contribution in [0.15, 0.2) is 39.9 Å². The molecular formula is C20H20ClN5O5. The molecular weight excluding hydrogens is 426 g/mol. The Bertz CT molecular complexity index is 1180. The van der Waals surface area contributed by atoms with Crippen molar-refractivity contribution in [1.82, 2.24) is 19.6 Å². The highest BCUT2D eigenvalue weighted by Crippen LogP contribution is 2.21. The molecule has 0 saturated carbocycles. The first-order valence-electron chi connectivity index (χ1n) is 9.78. The van der Waals surface area contributed by atoms with Gasteiger partial charge in [-0.25, -0.2) is 9.78 Å². The molecule has 31 heavy (non-hydrogen) atoms. The Balaban J connectivity index is 1.46. The van der Waals surface area contributed by atoms with Crippen molar-refractivity contribution in [2.45, 2.75) is 13.5 Å². The summed E-state index contributed by atoms with van der Waals surface area (Å²) in [6.45, 7) is 3.89. The minimum Gasteiger partial charge on any atom is -0.461 e. The molecule has 0 spiro atoms.